The monoisotopic (exact) mass is 398 g/mol. The highest BCUT2D eigenvalue weighted by Gasteiger charge is 2.13. The van der Waals surface area contributed by atoms with E-state index in [1.807, 2.05) is 0 Å². The molecule has 0 spiro atoms. The number of fused-ring (bicyclic) bond motifs is 2. The minimum absolute atomic E-state index is 0.284. The standard InChI is InChI=1S/C18H10N10O2/c19-25-23-13-1-3-21-17-15(13)11(9-29)7-27(17)5-6-28-8-12(10-30)16-14(24-26-20)2-4-22-18(16)28/h1-10H/b6-5+. The Labute approximate surface area is 166 Å². The number of nitrogens with zero attached hydrogens (tertiary/aromatic N) is 10. The van der Waals surface area contributed by atoms with E-state index in [1.165, 1.54) is 24.5 Å². The molecule has 0 N–H and O–H groups in total. The van der Waals surface area contributed by atoms with Crippen LogP contribution >= 0.6 is 0 Å². The quantitative estimate of drug-likeness (QED) is 0.193. The number of aromatic nitrogens is 4. The summed E-state index contributed by atoms with van der Waals surface area (Å²) in [7, 11) is 0. The van der Waals surface area contributed by atoms with Crippen LogP contribution in [0, 0.1) is 0 Å². The molecule has 0 aliphatic rings. The molecule has 0 radical (unpaired) electrons. The van der Waals surface area contributed by atoms with Crippen molar-refractivity contribution in [1.29, 1.82) is 0 Å². The van der Waals surface area contributed by atoms with Gasteiger partial charge in [0.15, 0.2) is 12.6 Å². The zero-order chi connectivity index (χ0) is 21.1. The summed E-state index contributed by atoms with van der Waals surface area (Å²) in [6.45, 7) is 0. The molecule has 0 bridgehead atoms. The van der Waals surface area contributed by atoms with E-state index >= 15 is 0 Å². The van der Waals surface area contributed by atoms with Gasteiger partial charge < -0.3 is 9.13 Å². The van der Waals surface area contributed by atoms with Gasteiger partial charge in [-0.3, -0.25) is 9.59 Å². The number of rotatable bonds is 6. The summed E-state index contributed by atoms with van der Waals surface area (Å²) in [5, 5.41) is 8.06. The third-order valence-electron chi connectivity index (χ3n) is 4.39. The Bertz CT molecular complexity index is 1340. The van der Waals surface area contributed by atoms with Crippen LogP contribution < -0.4 is 0 Å². The van der Waals surface area contributed by atoms with Crippen molar-refractivity contribution in [1.82, 2.24) is 19.1 Å². The van der Waals surface area contributed by atoms with Crippen LogP contribution in [0.3, 0.4) is 0 Å². The van der Waals surface area contributed by atoms with Gasteiger partial charge in [0.05, 0.1) is 11.4 Å². The van der Waals surface area contributed by atoms with E-state index in [2.05, 4.69) is 30.0 Å². The van der Waals surface area contributed by atoms with E-state index in [1.54, 1.807) is 33.9 Å². The fourth-order valence-corrected chi connectivity index (χ4v) is 3.19. The predicted octanol–water partition coefficient (Wildman–Crippen LogP) is 4.98. The Morgan fingerprint density at radius 1 is 0.800 bits per heavy atom. The zero-order valence-electron chi connectivity index (χ0n) is 15.1. The molecule has 4 aromatic rings. The number of hydrogen-bond acceptors (Lipinski definition) is 6. The molecule has 4 heterocycles. The van der Waals surface area contributed by atoms with Crippen molar-refractivity contribution in [2.24, 2.45) is 10.2 Å². The van der Waals surface area contributed by atoms with Gasteiger partial charge in [-0.15, -0.1) is 0 Å². The first-order valence-electron chi connectivity index (χ1n) is 8.39. The maximum absolute atomic E-state index is 11.5. The van der Waals surface area contributed by atoms with Crippen molar-refractivity contribution in [2.75, 3.05) is 0 Å². The number of carbonyl (C=O) groups excluding carboxylic acids is 2. The largest absolute Gasteiger partial charge is 0.306 e. The van der Waals surface area contributed by atoms with E-state index in [4.69, 9.17) is 11.1 Å². The second-order valence-electron chi connectivity index (χ2n) is 5.95. The van der Waals surface area contributed by atoms with Gasteiger partial charge in [-0.25, -0.2) is 9.97 Å². The first-order valence-corrected chi connectivity index (χ1v) is 8.39. The van der Waals surface area contributed by atoms with Crippen molar-refractivity contribution >= 4 is 58.4 Å². The highest BCUT2D eigenvalue weighted by molar-refractivity contribution is 6.04. The summed E-state index contributed by atoms with van der Waals surface area (Å²) in [6, 6.07) is 3.03. The first kappa shape index (κ1) is 18.4. The summed E-state index contributed by atoms with van der Waals surface area (Å²) in [5.41, 5.74) is 19.5. The van der Waals surface area contributed by atoms with E-state index in [-0.39, 0.29) is 11.4 Å². The van der Waals surface area contributed by atoms with Gasteiger partial charge in [0.25, 0.3) is 0 Å². The molecule has 144 valence electrons. The summed E-state index contributed by atoms with van der Waals surface area (Å²) >= 11 is 0. The summed E-state index contributed by atoms with van der Waals surface area (Å²) in [5.74, 6) is 0. The lowest BCUT2D eigenvalue weighted by Gasteiger charge is -2.01. The van der Waals surface area contributed by atoms with Crippen LogP contribution in [0.15, 0.2) is 47.1 Å². The second kappa shape index (κ2) is 7.60. The Kier molecular flexibility index (Phi) is 4.67. The third-order valence-corrected chi connectivity index (χ3v) is 4.39. The lowest BCUT2D eigenvalue weighted by molar-refractivity contribution is 0.111. The van der Waals surface area contributed by atoms with Gasteiger partial charge in [0.2, 0.25) is 0 Å². The van der Waals surface area contributed by atoms with Gasteiger partial charge >= 0.3 is 0 Å². The topological polar surface area (TPSA) is 167 Å². The van der Waals surface area contributed by atoms with Crippen LogP contribution in [-0.4, -0.2) is 31.7 Å². The van der Waals surface area contributed by atoms with Gasteiger partial charge in [-0.1, -0.05) is 10.2 Å². The normalized spacial score (nSPS) is 10.8. The molecule has 12 heteroatoms. The Morgan fingerprint density at radius 3 is 1.60 bits per heavy atom. The lowest BCUT2D eigenvalue weighted by Crippen LogP contribution is -1.90. The van der Waals surface area contributed by atoms with Crippen LogP contribution in [0.5, 0.6) is 0 Å². The summed E-state index contributed by atoms with van der Waals surface area (Å²) in [4.78, 5) is 37.1. The number of pyridine rings is 2. The van der Waals surface area contributed by atoms with Crippen LogP contribution in [-0.2, 0) is 0 Å². The molecule has 0 aliphatic heterocycles. The number of aldehydes is 2. The molecular formula is C18H10N10O2. The van der Waals surface area contributed by atoms with Crippen LogP contribution in [0.4, 0.5) is 11.4 Å². The highest BCUT2D eigenvalue weighted by atomic mass is 16.1. The zero-order valence-corrected chi connectivity index (χ0v) is 15.1. The molecule has 0 saturated heterocycles. The molecule has 0 fully saturated rings. The number of azide groups is 2. The molecule has 0 atom stereocenters. The Balaban J connectivity index is 1.89. The molecular weight excluding hydrogens is 388 g/mol. The Morgan fingerprint density at radius 2 is 1.23 bits per heavy atom. The van der Waals surface area contributed by atoms with Crippen molar-refractivity contribution < 1.29 is 9.59 Å². The van der Waals surface area contributed by atoms with E-state index < -0.39 is 0 Å². The Hall–Kier alpha value is -4.92. The van der Waals surface area contributed by atoms with Crippen molar-refractivity contribution in [3.05, 3.63) is 68.9 Å². The van der Waals surface area contributed by atoms with E-state index in [9.17, 15) is 9.59 Å². The van der Waals surface area contributed by atoms with Crippen LogP contribution in [0.1, 0.15) is 20.7 Å². The molecule has 0 saturated carbocycles. The molecule has 12 nitrogen and oxygen atoms in total. The maximum Gasteiger partial charge on any atom is 0.152 e. The van der Waals surface area contributed by atoms with Crippen molar-refractivity contribution in [2.45, 2.75) is 0 Å². The smallest absolute Gasteiger partial charge is 0.152 e. The third kappa shape index (κ3) is 2.92. The summed E-state index contributed by atoms with van der Waals surface area (Å²) < 4.78 is 3.17. The molecule has 0 unspecified atom stereocenters. The fourth-order valence-electron chi connectivity index (χ4n) is 3.19. The molecule has 0 amide bonds. The van der Waals surface area contributed by atoms with Crippen molar-refractivity contribution in [3.8, 4) is 0 Å². The predicted molar refractivity (Wildman–Crippen MR) is 109 cm³/mol. The lowest BCUT2D eigenvalue weighted by atomic mass is 10.2. The minimum Gasteiger partial charge on any atom is -0.306 e. The van der Waals surface area contributed by atoms with E-state index in [0.29, 0.717) is 45.8 Å². The SMILES string of the molecule is [N-]=[N+]=Nc1ccnc2c1c(C=O)cn2/C=C/n1cc(C=O)c2c(N=[N+]=[N-])ccnc21. The van der Waals surface area contributed by atoms with Gasteiger partial charge in [0, 0.05) is 68.9 Å². The van der Waals surface area contributed by atoms with Crippen LogP contribution in [0.25, 0.3) is 55.4 Å². The fraction of sp³-hybridized carbons (Fsp3) is 0. The van der Waals surface area contributed by atoms with Crippen molar-refractivity contribution in [3.63, 3.8) is 0 Å². The second-order valence-corrected chi connectivity index (χ2v) is 5.95. The van der Waals surface area contributed by atoms with Gasteiger partial charge in [-0.2, -0.15) is 0 Å². The molecule has 4 rings (SSSR count). The molecule has 4 aromatic heterocycles. The van der Waals surface area contributed by atoms with Gasteiger partial charge in [-0.05, 0) is 23.2 Å². The van der Waals surface area contributed by atoms with Gasteiger partial charge in [0.1, 0.15) is 11.3 Å². The van der Waals surface area contributed by atoms with Crippen LogP contribution in [0.2, 0.25) is 0 Å². The number of carbonyl (C=O) groups is 2. The maximum atomic E-state index is 11.5. The first-order chi connectivity index (χ1) is 14.7. The van der Waals surface area contributed by atoms with E-state index in [0.717, 1.165) is 0 Å². The minimum atomic E-state index is 0.284. The highest BCUT2D eigenvalue weighted by Crippen LogP contribution is 2.31. The summed E-state index contributed by atoms with van der Waals surface area (Å²) in [6.07, 6.45) is 10.5. The number of hydrogen-bond donors (Lipinski definition) is 0. The molecule has 0 aliphatic carbocycles. The molecule has 0 aromatic carbocycles. The molecule has 30 heavy (non-hydrogen) atoms. The average molecular weight is 398 g/mol. The average Bonchev–Trinajstić information content (AvgIpc) is 3.32.